The standard InChI is InChI=1S/C11H16S/c1-4-9-7-10(8(2)3)5-6-11(9)12/h5-8,12H,4H2,1-3H3. The third-order valence-corrected chi connectivity index (χ3v) is 2.59. The van der Waals surface area contributed by atoms with Crippen LogP contribution in [0.15, 0.2) is 23.1 Å². The first-order chi connectivity index (χ1) is 5.65. The molecule has 1 aromatic carbocycles. The first kappa shape index (κ1) is 9.66. The molecule has 0 fully saturated rings. The maximum absolute atomic E-state index is 4.39. The van der Waals surface area contributed by atoms with Crippen molar-refractivity contribution in [1.82, 2.24) is 0 Å². The van der Waals surface area contributed by atoms with E-state index in [1.165, 1.54) is 11.1 Å². The van der Waals surface area contributed by atoms with E-state index < -0.39 is 0 Å². The Morgan fingerprint density at radius 2 is 2.00 bits per heavy atom. The molecule has 0 amide bonds. The van der Waals surface area contributed by atoms with Crippen molar-refractivity contribution in [3.63, 3.8) is 0 Å². The highest BCUT2D eigenvalue weighted by atomic mass is 32.1. The van der Waals surface area contributed by atoms with Crippen molar-refractivity contribution in [3.05, 3.63) is 29.3 Å². The number of aryl methyl sites for hydroxylation is 1. The normalized spacial score (nSPS) is 10.8. The zero-order valence-corrected chi connectivity index (χ0v) is 8.86. The van der Waals surface area contributed by atoms with Crippen LogP contribution < -0.4 is 0 Å². The number of rotatable bonds is 2. The smallest absolute Gasteiger partial charge is 0.00721 e. The van der Waals surface area contributed by atoms with Crippen molar-refractivity contribution < 1.29 is 0 Å². The third kappa shape index (κ3) is 2.04. The molecule has 0 saturated carbocycles. The summed E-state index contributed by atoms with van der Waals surface area (Å²) in [7, 11) is 0. The summed E-state index contributed by atoms with van der Waals surface area (Å²) in [5, 5.41) is 0. The van der Waals surface area contributed by atoms with E-state index in [2.05, 4.69) is 51.6 Å². The van der Waals surface area contributed by atoms with Gasteiger partial charge in [0.1, 0.15) is 0 Å². The Bertz CT molecular complexity index is 264. The molecule has 0 saturated heterocycles. The Hall–Kier alpha value is -0.430. The molecule has 1 aromatic rings. The molecule has 0 N–H and O–H groups in total. The van der Waals surface area contributed by atoms with Gasteiger partial charge in [0.25, 0.3) is 0 Å². The second-order valence-corrected chi connectivity index (χ2v) is 3.88. The number of hydrogen-bond acceptors (Lipinski definition) is 1. The zero-order chi connectivity index (χ0) is 9.14. The van der Waals surface area contributed by atoms with Crippen LogP contribution in [-0.4, -0.2) is 0 Å². The molecule has 0 atom stereocenters. The van der Waals surface area contributed by atoms with E-state index in [0.29, 0.717) is 5.92 Å². The second kappa shape index (κ2) is 3.99. The van der Waals surface area contributed by atoms with Crippen molar-refractivity contribution in [2.45, 2.75) is 38.0 Å². The van der Waals surface area contributed by atoms with Gasteiger partial charge in [0.2, 0.25) is 0 Å². The van der Waals surface area contributed by atoms with Crippen molar-refractivity contribution in [2.24, 2.45) is 0 Å². The summed E-state index contributed by atoms with van der Waals surface area (Å²) in [6.45, 7) is 6.60. The first-order valence-corrected chi connectivity index (χ1v) is 4.91. The minimum absolute atomic E-state index is 0.615. The fourth-order valence-corrected chi connectivity index (χ4v) is 1.54. The van der Waals surface area contributed by atoms with Crippen LogP contribution in [0.3, 0.4) is 0 Å². The molecule has 0 radical (unpaired) electrons. The number of hydrogen-bond donors (Lipinski definition) is 1. The van der Waals surface area contributed by atoms with E-state index in [1.54, 1.807) is 0 Å². The van der Waals surface area contributed by atoms with Gasteiger partial charge in [-0.2, -0.15) is 0 Å². The van der Waals surface area contributed by atoms with Gasteiger partial charge >= 0.3 is 0 Å². The maximum Gasteiger partial charge on any atom is 0.00721 e. The van der Waals surface area contributed by atoms with Gasteiger partial charge in [-0.3, -0.25) is 0 Å². The SMILES string of the molecule is CCc1cc(C(C)C)ccc1S. The predicted octanol–water partition coefficient (Wildman–Crippen LogP) is 3.66. The summed E-state index contributed by atoms with van der Waals surface area (Å²) in [5.41, 5.74) is 2.76. The summed E-state index contributed by atoms with van der Waals surface area (Å²) < 4.78 is 0. The van der Waals surface area contributed by atoms with Crippen molar-refractivity contribution >= 4 is 12.6 Å². The first-order valence-electron chi connectivity index (χ1n) is 4.47. The van der Waals surface area contributed by atoms with Gasteiger partial charge in [0.05, 0.1) is 0 Å². The summed E-state index contributed by atoms with van der Waals surface area (Å²) in [6.07, 6.45) is 1.07. The lowest BCUT2D eigenvalue weighted by atomic mass is 10.00. The highest BCUT2D eigenvalue weighted by Crippen LogP contribution is 2.21. The quantitative estimate of drug-likeness (QED) is 0.660. The molecule has 0 aromatic heterocycles. The van der Waals surface area contributed by atoms with Gasteiger partial charge in [-0.15, -0.1) is 12.6 Å². The van der Waals surface area contributed by atoms with Gasteiger partial charge in [0.15, 0.2) is 0 Å². The highest BCUT2D eigenvalue weighted by Gasteiger charge is 2.01. The maximum atomic E-state index is 4.39. The van der Waals surface area contributed by atoms with Crippen molar-refractivity contribution in [2.75, 3.05) is 0 Å². The molecule has 0 nitrogen and oxygen atoms in total. The largest absolute Gasteiger partial charge is 0.143 e. The van der Waals surface area contributed by atoms with Crippen molar-refractivity contribution in [3.8, 4) is 0 Å². The Morgan fingerprint density at radius 1 is 1.33 bits per heavy atom. The zero-order valence-electron chi connectivity index (χ0n) is 7.96. The molecule has 0 unspecified atom stereocenters. The lowest BCUT2D eigenvalue weighted by molar-refractivity contribution is 0.858. The van der Waals surface area contributed by atoms with Crippen molar-refractivity contribution in [1.29, 1.82) is 0 Å². The van der Waals surface area contributed by atoms with Gasteiger partial charge in [0, 0.05) is 4.90 Å². The molecule has 1 heteroatoms. The Labute approximate surface area is 80.4 Å². The third-order valence-electron chi connectivity index (χ3n) is 2.15. The molecule has 0 bridgehead atoms. The van der Waals surface area contributed by atoms with E-state index >= 15 is 0 Å². The number of benzene rings is 1. The Kier molecular flexibility index (Phi) is 3.21. The van der Waals surface area contributed by atoms with E-state index in [0.717, 1.165) is 11.3 Å². The predicted molar refractivity (Wildman–Crippen MR) is 57.2 cm³/mol. The molecule has 0 aliphatic heterocycles. The molecule has 12 heavy (non-hydrogen) atoms. The molecule has 0 aliphatic rings. The van der Waals surface area contributed by atoms with E-state index in [-0.39, 0.29) is 0 Å². The summed E-state index contributed by atoms with van der Waals surface area (Å²) in [5.74, 6) is 0.615. The molecule has 0 aliphatic carbocycles. The Morgan fingerprint density at radius 3 is 2.50 bits per heavy atom. The van der Waals surface area contributed by atoms with Gasteiger partial charge in [-0.1, -0.05) is 32.9 Å². The molecular weight excluding hydrogens is 164 g/mol. The molecule has 1 rings (SSSR count). The fourth-order valence-electron chi connectivity index (χ4n) is 1.25. The van der Waals surface area contributed by atoms with Gasteiger partial charge < -0.3 is 0 Å². The van der Waals surface area contributed by atoms with Crippen LogP contribution in [0.4, 0.5) is 0 Å². The lowest BCUT2D eigenvalue weighted by Crippen LogP contribution is -1.90. The van der Waals surface area contributed by atoms with Crippen LogP contribution in [0, 0.1) is 0 Å². The average Bonchev–Trinajstić information content (AvgIpc) is 2.05. The van der Waals surface area contributed by atoms with E-state index in [4.69, 9.17) is 0 Å². The summed E-state index contributed by atoms with van der Waals surface area (Å²) in [6, 6.07) is 6.51. The van der Waals surface area contributed by atoms with Crippen LogP contribution in [0.25, 0.3) is 0 Å². The minimum Gasteiger partial charge on any atom is -0.143 e. The Balaban J connectivity index is 3.05. The lowest BCUT2D eigenvalue weighted by Gasteiger charge is -2.08. The topological polar surface area (TPSA) is 0 Å². The monoisotopic (exact) mass is 180 g/mol. The van der Waals surface area contributed by atoms with Crippen LogP contribution in [0.2, 0.25) is 0 Å². The molecule has 0 spiro atoms. The molecular formula is C11H16S. The van der Waals surface area contributed by atoms with Crippen LogP contribution >= 0.6 is 12.6 Å². The highest BCUT2D eigenvalue weighted by molar-refractivity contribution is 7.80. The van der Waals surface area contributed by atoms with E-state index in [9.17, 15) is 0 Å². The average molecular weight is 180 g/mol. The van der Waals surface area contributed by atoms with Crippen LogP contribution in [0.1, 0.15) is 37.8 Å². The summed E-state index contributed by atoms with van der Waals surface area (Å²) in [4.78, 5) is 1.11. The fraction of sp³-hybridized carbons (Fsp3) is 0.455. The van der Waals surface area contributed by atoms with Gasteiger partial charge in [-0.25, -0.2) is 0 Å². The second-order valence-electron chi connectivity index (χ2n) is 3.40. The summed E-state index contributed by atoms with van der Waals surface area (Å²) >= 11 is 4.39. The number of thiol groups is 1. The van der Waals surface area contributed by atoms with Crippen LogP contribution in [0.5, 0.6) is 0 Å². The molecule has 0 heterocycles. The molecule has 66 valence electrons. The van der Waals surface area contributed by atoms with E-state index in [1.807, 2.05) is 0 Å². The minimum atomic E-state index is 0.615. The van der Waals surface area contributed by atoms with Crippen LogP contribution in [-0.2, 0) is 6.42 Å². The van der Waals surface area contributed by atoms with Gasteiger partial charge in [-0.05, 0) is 29.5 Å².